The van der Waals surface area contributed by atoms with Gasteiger partial charge >= 0.3 is 0 Å². The lowest BCUT2D eigenvalue weighted by molar-refractivity contribution is -0.166. The Morgan fingerprint density at radius 3 is 3.00 bits per heavy atom. The second-order valence-electron chi connectivity index (χ2n) is 3.76. The molecule has 0 radical (unpaired) electrons. The first-order valence-corrected chi connectivity index (χ1v) is 4.65. The number of amides is 1. The summed E-state index contributed by atoms with van der Waals surface area (Å²) in [5.41, 5.74) is 0. The molecule has 3 nitrogen and oxygen atoms in total. The first-order valence-electron chi connectivity index (χ1n) is 4.65. The third kappa shape index (κ3) is 1.22. The quantitative estimate of drug-likeness (QED) is 0.541. The van der Waals surface area contributed by atoms with Crippen LogP contribution >= 0.6 is 0 Å². The highest BCUT2D eigenvalue weighted by Crippen LogP contribution is 2.30. The van der Waals surface area contributed by atoms with Crippen molar-refractivity contribution >= 4 is 5.91 Å². The molecule has 0 bridgehead atoms. The lowest BCUT2D eigenvalue weighted by atomic mass is 9.85. The van der Waals surface area contributed by atoms with Crippen LogP contribution in [0.5, 0.6) is 0 Å². The molecular weight excluding hydrogens is 154 g/mol. The fourth-order valence-corrected chi connectivity index (χ4v) is 2.13. The molecule has 1 heterocycles. The molecule has 1 aliphatic carbocycles. The summed E-state index contributed by atoms with van der Waals surface area (Å²) in [6, 6.07) is 0. The van der Waals surface area contributed by atoms with Crippen LogP contribution in [0.1, 0.15) is 25.7 Å². The van der Waals surface area contributed by atoms with E-state index in [1.165, 1.54) is 12.8 Å². The molecule has 3 heteroatoms. The molecule has 12 heavy (non-hydrogen) atoms. The van der Waals surface area contributed by atoms with Gasteiger partial charge in [0.15, 0.2) is 0 Å². The van der Waals surface area contributed by atoms with Gasteiger partial charge in [0.1, 0.15) is 6.73 Å². The SMILES string of the molecule is CN1CO[C@@H]2CCCC[C@@H]2C1=O. The summed E-state index contributed by atoms with van der Waals surface area (Å²) in [7, 11) is 1.81. The van der Waals surface area contributed by atoms with Crippen molar-refractivity contribution in [1.82, 2.24) is 4.90 Å². The van der Waals surface area contributed by atoms with Crippen LogP contribution in [0.25, 0.3) is 0 Å². The van der Waals surface area contributed by atoms with Crippen molar-refractivity contribution in [3.05, 3.63) is 0 Å². The Balaban J connectivity index is 2.08. The van der Waals surface area contributed by atoms with Crippen LogP contribution in [-0.2, 0) is 9.53 Å². The van der Waals surface area contributed by atoms with Gasteiger partial charge in [-0.15, -0.1) is 0 Å². The zero-order valence-electron chi connectivity index (χ0n) is 7.45. The molecule has 1 aliphatic heterocycles. The summed E-state index contributed by atoms with van der Waals surface area (Å²) in [5.74, 6) is 0.448. The van der Waals surface area contributed by atoms with Gasteiger partial charge in [-0.25, -0.2) is 0 Å². The molecule has 0 aromatic carbocycles. The summed E-state index contributed by atoms with van der Waals surface area (Å²) < 4.78 is 5.57. The number of carbonyl (C=O) groups excluding carboxylic acids is 1. The smallest absolute Gasteiger partial charge is 0.229 e. The molecular formula is C9H15NO2. The molecule has 2 atom stereocenters. The van der Waals surface area contributed by atoms with Gasteiger partial charge < -0.3 is 9.64 Å². The Labute approximate surface area is 72.7 Å². The third-order valence-corrected chi connectivity index (χ3v) is 2.88. The summed E-state index contributed by atoms with van der Waals surface area (Å²) in [5, 5.41) is 0. The predicted molar refractivity (Wildman–Crippen MR) is 44.5 cm³/mol. The minimum Gasteiger partial charge on any atom is -0.357 e. The minimum absolute atomic E-state index is 0.164. The van der Waals surface area contributed by atoms with Crippen LogP contribution in [-0.4, -0.2) is 30.7 Å². The molecule has 0 unspecified atom stereocenters. The third-order valence-electron chi connectivity index (χ3n) is 2.88. The Hall–Kier alpha value is -0.570. The molecule has 2 aliphatic rings. The predicted octanol–water partition coefficient (Wildman–Crippen LogP) is 0.991. The highest BCUT2D eigenvalue weighted by Gasteiger charge is 2.37. The van der Waals surface area contributed by atoms with Gasteiger partial charge in [-0.3, -0.25) is 4.79 Å². The van der Waals surface area contributed by atoms with Crippen LogP contribution < -0.4 is 0 Å². The van der Waals surface area contributed by atoms with Crippen LogP contribution in [0.15, 0.2) is 0 Å². The average molecular weight is 169 g/mol. The molecule has 0 spiro atoms. The van der Waals surface area contributed by atoms with E-state index in [1.54, 1.807) is 4.90 Å². The molecule has 1 saturated carbocycles. The van der Waals surface area contributed by atoms with Crippen molar-refractivity contribution in [3.63, 3.8) is 0 Å². The molecule has 0 aromatic rings. The van der Waals surface area contributed by atoms with E-state index in [9.17, 15) is 4.79 Å². The zero-order chi connectivity index (χ0) is 8.55. The standard InChI is InChI=1S/C9H15NO2/c1-10-6-12-8-5-3-2-4-7(8)9(10)11/h7-8H,2-6H2,1H3/t7-,8+/m0/s1. The van der Waals surface area contributed by atoms with Crippen molar-refractivity contribution in [2.75, 3.05) is 13.8 Å². The first kappa shape index (κ1) is 8.05. The van der Waals surface area contributed by atoms with Crippen LogP contribution in [0.3, 0.4) is 0 Å². The lowest BCUT2D eigenvalue weighted by Gasteiger charge is -2.38. The Kier molecular flexibility index (Phi) is 2.05. The van der Waals surface area contributed by atoms with Gasteiger partial charge in [-0.2, -0.15) is 0 Å². The summed E-state index contributed by atoms with van der Waals surface area (Å²) in [6.07, 6.45) is 4.72. The molecule has 0 N–H and O–H groups in total. The monoisotopic (exact) mass is 169 g/mol. The van der Waals surface area contributed by atoms with Gasteiger partial charge in [0.2, 0.25) is 5.91 Å². The fourth-order valence-electron chi connectivity index (χ4n) is 2.13. The second kappa shape index (κ2) is 3.05. The Morgan fingerprint density at radius 1 is 1.42 bits per heavy atom. The van der Waals surface area contributed by atoms with Gasteiger partial charge in [0, 0.05) is 7.05 Å². The molecule has 2 rings (SSSR count). The van der Waals surface area contributed by atoms with E-state index < -0.39 is 0 Å². The zero-order valence-corrected chi connectivity index (χ0v) is 7.45. The van der Waals surface area contributed by atoms with Gasteiger partial charge in [0.05, 0.1) is 12.0 Å². The highest BCUT2D eigenvalue weighted by atomic mass is 16.5. The Morgan fingerprint density at radius 2 is 2.17 bits per heavy atom. The normalized spacial score (nSPS) is 36.4. The summed E-state index contributed by atoms with van der Waals surface area (Å²) in [6.45, 7) is 0.486. The van der Waals surface area contributed by atoms with Crippen LogP contribution in [0, 0.1) is 5.92 Å². The number of hydrogen-bond donors (Lipinski definition) is 0. The largest absolute Gasteiger partial charge is 0.357 e. The van der Waals surface area contributed by atoms with E-state index in [0.717, 1.165) is 12.8 Å². The maximum absolute atomic E-state index is 11.6. The van der Waals surface area contributed by atoms with Crippen LogP contribution in [0.4, 0.5) is 0 Å². The van der Waals surface area contributed by atoms with Crippen molar-refractivity contribution in [2.24, 2.45) is 5.92 Å². The van der Waals surface area contributed by atoms with Crippen molar-refractivity contribution in [2.45, 2.75) is 31.8 Å². The lowest BCUT2D eigenvalue weighted by Crippen LogP contribution is -2.48. The van der Waals surface area contributed by atoms with E-state index in [0.29, 0.717) is 6.73 Å². The molecule has 2 fully saturated rings. The number of nitrogens with zero attached hydrogens (tertiary/aromatic N) is 1. The van der Waals surface area contributed by atoms with E-state index in [1.807, 2.05) is 7.05 Å². The molecule has 1 saturated heterocycles. The van der Waals surface area contributed by atoms with E-state index in [2.05, 4.69) is 0 Å². The average Bonchev–Trinajstić information content (AvgIpc) is 2.12. The maximum atomic E-state index is 11.6. The number of rotatable bonds is 0. The molecule has 1 amide bonds. The topological polar surface area (TPSA) is 29.5 Å². The van der Waals surface area contributed by atoms with Crippen molar-refractivity contribution in [1.29, 1.82) is 0 Å². The van der Waals surface area contributed by atoms with E-state index >= 15 is 0 Å². The maximum Gasteiger partial charge on any atom is 0.229 e. The van der Waals surface area contributed by atoms with Gasteiger partial charge in [-0.1, -0.05) is 12.8 Å². The molecule has 68 valence electrons. The number of fused-ring (bicyclic) bond motifs is 1. The van der Waals surface area contributed by atoms with Gasteiger partial charge in [0.25, 0.3) is 0 Å². The number of hydrogen-bond acceptors (Lipinski definition) is 2. The summed E-state index contributed by atoms with van der Waals surface area (Å²) >= 11 is 0. The van der Waals surface area contributed by atoms with E-state index in [4.69, 9.17) is 4.74 Å². The van der Waals surface area contributed by atoms with Crippen molar-refractivity contribution in [3.8, 4) is 0 Å². The second-order valence-corrected chi connectivity index (χ2v) is 3.76. The molecule has 0 aromatic heterocycles. The minimum atomic E-state index is 0.164. The van der Waals surface area contributed by atoms with E-state index in [-0.39, 0.29) is 17.9 Å². The summed E-state index contributed by atoms with van der Waals surface area (Å²) in [4.78, 5) is 13.3. The number of ether oxygens (including phenoxy) is 1. The first-order chi connectivity index (χ1) is 5.79. The Bertz CT molecular complexity index is 193. The highest BCUT2D eigenvalue weighted by molar-refractivity contribution is 5.79. The van der Waals surface area contributed by atoms with Gasteiger partial charge in [-0.05, 0) is 12.8 Å². The van der Waals surface area contributed by atoms with Crippen molar-refractivity contribution < 1.29 is 9.53 Å². The number of carbonyl (C=O) groups is 1. The van der Waals surface area contributed by atoms with Crippen LogP contribution in [0.2, 0.25) is 0 Å². The fraction of sp³-hybridized carbons (Fsp3) is 0.889.